The van der Waals surface area contributed by atoms with Gasteiger partial charge >= 0.3 is 0 Å². The Kier molecular flexibility index (Phi) is 5.15. The molecule has 1 amide bonds. The average molecular weight is 407 g/mol. The summed E-state index contributed by atoms with van der Waals surface area (Å²) >= 11 is 6.49. The molecule has 1 saturated heterocycles. The van der Waals surface area contributed by atoms with E-state index in [1.165, 1.54) is 40.9 Å². The third kappa shape index (κ3) is 3.80. The molecule has 0 aliphatic carbocycles. The van der Waals surface area contributed by atoms with E-state index in [1.807, 2.05) is 12.1 Å². The van der Waals surface area contributed by atoms with Gasteiger partial charge in [0.05, 0.1) is 22.6 Å². The van der Waals surface area contributed by atoms with E-state index < -0.39 is 10.0 Å². The van der Waals surface area contributed by atoms with Crippen LogP contribution in [0.2, 0.25) is 0 Å². The summed E-state index contributed by atoms with van der Waals surface area (Å²) in [5, 5.41) is 5.09. The van der Waals surface area contributed by atoms with Gasteiger partial charge in [0.1, 0.15) is 5.75 Å². The Bertz CT molecular complexity index is 997. The number of ether oxygens (including phenoxy) is 1. The van der Waals surface area contributed by atoms with Crippen molar-refractivity contribution in [1.82, 2.24) is 0 Å². The van der Waals surface area contributed by atoms with E-state index in [0.29, 0.717) is 14.9 Å². The largest absolute Gasteiger partial charge is 0.497 e. The van der Waals surface area contributed by atoms with Crippen LogP contribution in [-0.2, 0) is 14.8 Å². The summed E-state index contributed by atoms with van der Waals surface area (Å²) in [5.74, 6) is 0.462. The number of nitrogens with two attached hydrogens (primary N) is 1. The molecule has 2 aromatic carbocycles. The summed E-state index contributed by atoms with van der Waals surface area (Å²) in [4.78, 5) is 14.5. The summed E-state index contributed by atoms with van der Waals surface area (Å²) in [6, 6.07) is 13.0. The highest BCUT2D eigenvalue weighted by Crippen LogP contribution is 2.36. The fraction of sp³-hybridized carbons (Fsp3) is 0.0588. The van der Waals surface area contributed by atoms with Crippen molar-refractivity contribution in [3.05, 3.63) is 59.0 Å². The predicted molar refractivity (Wildman–Crippen MR) is 106 cm³/mol. The number of anilines is 1. The Labute approximate surface area is 160 Å². The van der Waals surface area contributed by atoms with Gasteiger partial charge in [-0.1, -0.05) is 36.1 Å². The molecule has 2 N–H and O–H groups in total. The maximum atomic E-state index is 12.7. The molecule has 0 saturated carbocycles. The lowest BCUT2D eigenvalue weighted by Gasteiger charge is -2.14. The smallest absolute Gasteiger partial charge is 0.270 e. The first-order chi connectivity index (χ1) is 12.3. The highest BCUT2D eigenvalue weighted by atomic mass is 32.2. The van der Waals surface area contributed by atoms with E-state index in [-0.39, 0.29) is 10.8 Å². The first-order valence-electron chi connectivity index (χ1n) is 7.34. The van der Waals surface area contributed by atoms with Crippen molar-refractivity contribution in [2.75, 3.05) is 12.0 Å². The molecule has 134 valence electrons. The normalized spacial score (nSPS) is 16.4. The molecule has 26 heavy (non-hydrogen) atoms. The molecule has 0 unspecified atom stereocenters. The van der Waals surface area contributed by atoms with Gasteiger partial charge in [-0.3, -0.25) is 9.69 Å². The second kappa shape index (κ2) is 7.20. The molecular weight excluding hydrogens is 392 g/mol. The third-order valence-corrected chi connectivity index (χ3v) is 5.86. The predicted octanol–water partition coefficient (Wildman–Crippen LogP) is 2.75. The number of rotatable bonds is 4. The molecule has 3 rings (SSSR count). The minimum atomic E-state index is -3.79. The molecule has 0 radical (unpaired) electrons. The average Bonchev–Trinajstić information content (AvgIpc) is 2.88. The summed E-state index contributed by atoms with van der Waals surface area (Å²) in [7, 11) is -2.21. The molecule has 1 aliphatic rings. The number of carbonyl (C=O) groups excluding carboxylic acids is 1. The summed E-state index contributed by atoms with van der Waals surface area (Å²) in [6.45, 7) is 0. The summed E-state index contributed by atoms with van der Waals surface area (Å²) < 4.78 is 28.2. The van der Waals surface area contributed by atoms with Gasteiger partial charge in [0, 0.05) is 0 Å². The van der Waals surface area contributed by atoms with E-state index in [2.05, 4.69) is 0 Å². The topological polar surface area (TPSA) is 89.7 Å². The van der Waals surface area contributed by atoms with Gasteiger partial charge in [-0.2, -0.15) is 0 Å². The van der Waals surface area contributed by atoms with E-state index >= 15 is 0 Å². The highest BCUT2D eigenvalue weighted by molar-refractivity contribution is 8.27. The third-order valence-electron chi connectivity index (χ3n) is 3.63. The van der Waals surface area contributed by atoms with Crippen molar-refractivity contribution in [2.45, 2.75) is 4.90 Å². The number of benzene rings is 2. The number of thioether (sulfide) groups is 1. The number of primary sulfonamides is 1. The number of nitrogens with zero attached hydrogens (tertiary/aromatic N) is 1. The van der Waals surface area contributed by atoms with Crippen molar-refractivity contribution in [1.29, 1.82) is 0 Å². The van der Waals surface area contributed by atoms with Crippen LogP contribution in [0, 0.1) is 0 Å². The fourth-order valence-electron chi connectivity index (χ4n) is 2.33. The lowest BCUT2D eigenvalue weighted by Crippen LogP contribution is -2.27. The Morgan fingerprint density at radius 3 is 2.27 bits per heavy atom. The zero-order chi connectivity index (χ0) is 18.9. The van der Waals surface area contributed by atoms with E-state index in [0.717, 1.165) is 11.3 Å². The van der Waals surface area contributed by atoms with Gasteiger partial charge in [-0.25, -0.2) is 13.6 Å². The maximum Gasteiger partial charge on any atom is 0.270 e. The SMILES string of the molecule is COc1ccc(/C=C2/SC(=S)N(c3ccc(S(N)(=O)=O)cc3)C2=O)cc1. The Morgan fingerprint density at radius 1 is 1.12 bits per heavy atom. The first-order valence-corrected chi connectivity index (χ1v) is 10.1. The molecular formula is C17H14N2O4S3. The number of carbonyl (C=O) groups is 1. The Balaban J connectivity index is 1.87. The van der Waals surface area contributed by atoms with E-state index in [9.17, 15) is 13.2 Å². The van der Waals surface area contributed by atoms with Crippen LogP contribution < -0.4 is 14.8 Å². The molecule has 1 aliphatic heterocycles. The number of thiocarbonyl (C=S) groups is 1. The molecule has 0 aromatic heterocycles. The van der Waals surface area contributed by atoms with Crippen molar-refractivity contribution in [3.63, 3.8) is 0 Å². The number of hydrogen-bond donors (Lipinski definition) is 1. The number of sulfonamides is 1. The molecule has 0 atom stereocenters. The lowest BCUT2D eigenvalue weighted by atomic mass is 10.2. The van der Waals surface area contributed by atoms with Crippen LogP contribution in [0.15, 0.2) is 58.3 Å². The molecule has 0 spiro atoms. The van der Waals surface area contributed by atoms with Crippen molar-refractivity contribution < 1.29 is 17.9 Å². The Morgan fingerprint density at radius 2 is 1.73 bits per heavy atom. The van der Waals surface area contributed by atoms with E-state index in [1.54, 1.807) is 25.3 Å². The zero-order valence-corrected chi connectivity index (χ0v) is 16.0. The summed E-state index contributed by atoms with van der Waals surface area (Å²) in [6.07, 6.45) is 1.75. The van der Waals surface area contributed by atoms with Crippen LogP contribution >= 0.6 is 24.0 Å². The number of amides is 1. The Hall–Kier alpha value is -2.20. The molecule has 9 heteroatoms. The minimum Gasteiger partial charge on any atom is -0.497 e. The maximum absolute atomic E-state index is 12.7. The second-order valence-corrected chi connectivity index (χ2v) is 8.57. The van der Waals surface area contributed by atoms with Crippen molar-refractivity contribution >= 4 is 56.0 Å². The minimum absolute atomic E-state index is 0.0273. The summed E-state index contributed by atoms with van der Waals surface area (Å²) in [5.41, 5.74) is 1.33. The second-order valence-electron chi connectivity index (χ2n) is 5.33. The van der Waals surface area contributed by atoms with Crippen LogP contribution in [0.4, 0.5) is 5.69 Å². The van der Waals surface area contributed by atoms with Crippen LogP contribution in [0.1, 0.15) is 5.56 Å². The monoisotopic (exact) mass is 406 g/mol. The van der Waals surface area contributed by atoms with Crippen LogP contribution in [0.5, 0.6) is 5.75 Å². The molecule has 1 fully saturated rings. The van der Waals surface area contributed by atoms with Crippen molar-refractivity contribution in [3.8, 4) is 5.75 Å². The number of hydrogen-bond acceptors (Lipinski definition) is 6. The standard InChI is InChI=1S/C17H14N2O4S3/c1-23-13-6-2-11(3-7-13)10-15-16(20)19(17(24)25-15)12-4-8-14(9-5-12)26(18,21)22/h2-10H,1H3,(H2,18,21,22)/b15-10+. The lowest BCUT2D eigenvalue weighted by molar-refractivity contribution is -0.113. The first kappa shape index (κ1) is 18.6. The van der Waals surface area contributed by atoms with Crippen molar-refractivity contribution in [2.24, 2.45) is 5.14 Å². The van der Waals surface area contributed by atoms with Crippen LogP contribution in [0.3, 0.4) is 0 Å². The van der Waals surface area contributed by atoms with Gasteiger partial charge in [0.2, 0.25) is 10.0 Å². The van der Waals surface area contributed by atoms with Crippen LogP contribution in [-0.4, -0.2) is 25.8 Å². The van der Waals surface area contributed by atoms with Gasteiger partial charge in [-0.05, 0) is 48.0 Å². The quantitative estimate of drug-likeness (QED) is 0.620. The van der Waals surface area contributed by atoms with Gasteiger partial charge in [0.25, 0.3) is 5.91 Å². The van der Waals surface area contributed by atoms with Gasteiger partial charge in [0.15, 0.2) is 4.32 Å². The van der Waals surface area contributed by atoms with Gasteiger partial charge < -0.3 is 4.74 Å². The molecule has 2 aromatic rings. The molecule has 1 heterocycles. The zero-order valence-electron chi connectivity index (χ0n) is 13.6. The highest BCUT2D eigenvalue weighted by Gasteiger charge is 2.33. The number of methoxy groups -OCH3 is 1. The van der Waals surface area contributed by atoms with E-state index in [4.69, 9.17) is 22.1 Å². The fourth-order valence-corrected chi connectivity index (χ4v) is 4.14. The van der Waals surface area contributed by atoms with Gasteiger partial charge in [-0.15, -0.1) is 0 Å². The van der Waals surface area contributed by atoms with Crippen LogP contribution in [0.25, 0.3) is 6.08 Å². The molecule has 0 bridgehead atoms. The molecule has 6 nitrogen and oxygen atoms in total.